The molecule has 4 N–H and O–H groups in total. The highest BCUT2D eigenvalue weighted by atomic mass is 32.1. The SMILES string of the molecule is NCCCNC(CC(=O)O)c1cccs1. The van der Waals surface area contributed by atoms with Gasteiger partial charge < -0.3 is 16.2 Å². The zero-order valence-corrected chi connectivity index (χ0v) is 9.30. The lowest BCUT2D eigenvalue weighted by Gasteiger charge is -2.14. The van der Waals surface area contributed by atoms with E-state index >= 15 is 0 Å². The molecule has 1 heterocycles. The monoisotopic (exact) mass is 228 g/mol. The van der Waals surface area contributed by atoms with Gasteiger partial charge in [0.15, 0.2) is 0 Å². The number of aliphatic carboxylic acids is 1. The van der Waals surface area contributed by atoms with Crippen LogP contribution in [0.2, 0.25) is 0 Å². The molecule has 0 aliphatic carbocycles. The van der Waals surface area contributed by atoms with Gasteiger partial charge in [0.05, 0.1) is 12.5 Å². The van der Waals surface area contributed by atoms with E-state index in [2.05, 4.69) is 5.32 Å². The van der Waals surface area contributed by atoms with Crippen LogP contribution in [0.1, 0.15) is 23.8 Å². The van der Waals surface area contributed by atoms with Crippen molar-refractivity contribution < 1.29 is 9.90 Å². The van der Waals surface area contributed by atoms with Gasteiger partial charge in [-0.3, -0.25) is 4.79 Å². The second kappa shape index (κ2) is 6.55. The zero-order valence-electron chi connectivity index (χ0n) is 8.48. The van der Waals surface area contributed by atoms with E-state index < -0.39 is 5.97 Å². The first-order chi connectivity index (χ1) is 7.24. The van der Waals surface area contributed by atoms with Gasteiger partial charge in [-0.15, -0.1) is 11.3 Å². The Morgan fingerprint density at radius 3 is 3.00 bits per heavy atom. The average Bonchev–Trinajstić information content (AvgIpc) is 2.68. The van der Waals surface area contributed by atoms with Crippen molar-refractivity contribution in [3.8, 4) is 0 Å². The topological polar surface area (TPSA) is 75.3 Å². The third-order valence-electron chi connectivity index (χ3n) is 2.04. The summed E-state index contributed by atoms with van der Waals surface area (Å²) in [6.45, 7) is 1.38. The van der Waals surface area contributed by atoms with Gasteiger partial charge in [0.25, 0.3) is 0 Å². The second-order valence-electron chi connectivity index (χ2n) is 3.26. The maximum atomic E-state index is 10.7. The standard InChI is InChI=1S/C10H16N2O2S/c11-4-2-5-12-8(7-10(13)14)9-3-1-6-15-9/h1,3,6,8,12H,2,4-5,7,11H2,(H,13,14). The summed E-state index contributed by atoms with van der Waals surface area (Å²) in [5.74, 6) is -0.784. The lowest BCUT2D eigenvalue weighted by atomic mass is 10.1. The number of hydrogen-bond acceptors (Lipinski definition) is 4. The third-order valence-corrected chi connectivity index (χ3v) is 3.02. The molecule has 0 bridgehead atoms. The van der Waals surface area contributed by atoms with E-state index in [-0.39, 0.29) is 12.5 Å². The Balaban J connectivity index is 2.50. The summed E-state index contributed by atoms with van der Waals surface area (Å²) >= 11 is 1.57. The fraction of sp³-hybridized carbons (Fsp3) is 0.500. The minimum atomic E-state index is -0.784. The summed E-state index contributed by atoms with van der Waals surface area (Å²) < 4.78 is 0. The highest BCUT2D eigenvalue weighted by Gasteiger charge is 2.15. The summed E-state index contributed by atoms with van der Waals surface area (Å²) in [6, 6.07) is 3.79. The molecule has 1 unspecified atom stereocenters. The maximum Gasteiger partial charge on any atom is 0.305 e. The first-order valence-corrected chi connectivity index (χ1v) is 5.80. The minimum absolute atomic E-state index is 0.0888. The Labute approximate surface area is 93.1 Å². The number of nitrogens with one attached hydrogen (secondary N) is 1. The number of thiophene rings is 1. The first-order valence-electron chi connectivity index (χ1n) is 4.92. The smallest absolute Gasteiger partial charge is 0.305 e. The van der Waals surface area contributed by atoms with Crippen LogP contribution in [-0.4, -0.2) is 24.2 Å². The van der Waals surface area contributed by atoms with E-state index in [1.165, 1.54) is 0 Å². The molecule has 0 spiro atoms. The van der Waals surface area contributed by atoms with Gasteiger partial charge in [-0.25, -0.2) is 0 Å². The molecule has 0 fully saturated rings. The van der Waals surface area contributed by atoms with Crippen LogP contribution in [0.25, 0.3) is 0 Å². The van der Waals surface area contributed by atoms with Crippen molar-refractivity contribution in [1.82, 2.24) is 5.32 Å². The number of nitrogens with two attached hydrogens (primary N) is 1. The van der Waals surface area contributed by atoms with Crippen LogP contribution >= 0.6 is 11.3 Å². The van der Waals surface area contributed by atoms with Crippen molar-refractivity contribution in [1.29, 1.82) is 0 Å². The molecule has 1 aromatic heterocycles. The first kappa shape index (κ1) is 12.2. The van der Waals surface area contributed by atoms with Gasteiger partial charge in [-0.2, -0.15) is 0 Å². The molecule has 84 valence electrons. The van der Waals surface area contributed by atoms with Gasteiger partial charge in [-0.1, -0.05) is 6.07 Å². The minimum Gasteiger partial charge on any atom is -0.481 e. The summed E-state index contributed by atoms with van der Waals surface area (Å²) in [5, 5.41) is 13.9. The van der Waals surface area contributed by atoms with Gasteiger partial charge in [0.2, 0.25) is 0 Å². The van der Waals surface area contributed by atoms with Gasteiger partial charge in [-0.05, 0) is 31.0 Å². The van der Waals surface area contributed by atoms with E-state index in [0.29, 0.717) is 6.54 Å². The van der Waals surface area contributed by atoms with Gasteiger partial charge in [0.1, 0.15) is 0 Å². The molecule has 0 radical (unpaired) electrons. The van der Waals surface area contributed by atoms with Crippen LogP contribution in [0, 0.1) is 0 Å². The van der Waals surface area contributed by atoms with Crippen molar-refractivity contribution in [2.24, 2.45) is 5.73 Å². The fourth-order valence-electron chi connectivity index (χ4n) is 1.32. The van der Waals surface area contributed by atoms with Crippen molar-refractivity contribution in [2.45, 2.75) is 18.9 Å². The Morgan fingerprint density at radius 1 is 1.67 bits per heavy atom. The summed E-state index contributed by atoms with van der Waals surface area (Å²) in [6.07, 6.45) is 0.979. The van der Waals surface area contributed by atoms with Crippen LogP contribution in [0.4, 0.5) is 0 Å². The lowest BCUT2D eigenvalue weighted by Crippen LogP contribution is -2.25. The number of carboxylic acid groups (broad SMARTS) is 1. The number of carboxylic acids is 1. The van der Waals surface area contributed by atoms with Gasteiger partial charge >= 0.3 is 5.97 Å². The predicted molar refractivity (Wildman–Crippen MR) is 61.0 cm³/mol. The van der Waals surface area contributed by atoms with E-state index in [9.17, 15) is 4.79 Å². The summed E-state index contributed by atoms with van der Waals surface area (Å²) in [5.41, 5.74) is 5.38. The van der Waals surface area contributed by atoms with Crippen molar-refractivity contribution in [2.75, 3.05) is 13.1 Å². The van der Waals surface area contributed by atoms with Crippen LogP contribution in [0.15, 0.2) is 17.5 Å². The Kier molecular flexibility index (Phi) is 5.31. The van der Waals surface area contributed by atoms with E-state index in [4.69, 9.17) is 10.8 Å². The number of carbonyl (C=O) groups is 1. The molecule has 1 aromatic rings. The van der Waals surface area contributed by atoms with Crippen molar-refractivity contribution in [3.63, 3.8) is 0 Å². The molecule has 5 heteroatoms. The molecule has 15 heavy (non-hydrogen) atoms. The Morgan fingerprint density at radius 2 is 2.47 bits per heavy atom. The van der Waals surface area contributed by atoms with E-state index in [0.717, 1.165) is 17.8 Å². The quantitative estimate of drug-likeness (QED) is 0.613. The fourth-order valence-corrected chi connectivity index (χ4v) is 2.12. The lowest BCUT2D eigenvalue weighted by molar-refractivity contribution is -0.137. The molecule has 1 rings (SSSR count). The Hall–Kier alpha value is -0.910. The molecular formula is C10H16N2O2S. The maximum absolute atomic E-state index is 10.7. The summed E-state index contributed by atoms with van der Waals surface area (Å²) in [4.78, 5) is 11.7. The Bertz CT molecular complexity index is 288. The molecule has 0 saturated carbocycles. The highest BCUT2D eigenvalue weighted by molar-refractivity contribution is 7.10. The van der Waals surface area contributed by atoms with Gasteiger partial charge in [0, 0.05) is 4.88 Å². The molecule has 0 aliphatic heterocycles. The average molecular weight is 228 g/mol. The second-order valence-corrected chi connectivity index (χ2v) is 4.24. The predicted octanol–water partition coefficient (Wildman–Crippen LogP) is 1.20. The van der Waals surface area contributed by atoms with Crippen LogP contribution in [0.5, 0.6) is 0 Å². The third kappa shape index (κ3) is 4.42. The van der Waals surface area contributed by atoms with Crippen LogP contribution < -0.4 is 11.1 Å². The number of hydrogen-bond donors (Lipinski definition) is 3. The van der Waals surface area contributed by atoms with Crippen LogP contribution in [-0.2, 0) is 4.79 Å². The van der Waals surface area contributed by atoms with Crippen LogP contribution in [0.3, 0.4) is 0 Å². The number of rotatable bonds is 7. The van der Waals surface area contributed by atoms with E-state index in [1.54, 1.807) is 11.3 Å². The zero-order chi connectivity index (χ0) is 11.1. The molecule has 0 aromatic carbocycles. The normalized spacial score (nSPS) is 12.6. The largest absolute Gasteiger partial charge is 0.481 e. The molecule has 0 saturated heterocycles. The summed E-state index contributed by atoms with van der Waals surface area (Å²) in [7, 11) is 0. The molecule has 4 nitrogen and oxygen atoms in total. The van der Waals surface area contributed by atoms with Crippen molar-refractivity contribution >= 4 is 17.3 Å². The highest BCUT2D eigenvalue weighted by Crippen LogP contribution is 2.21. The van der Waals surface area contributed by atoms with Crippen molar-refractivity contribution in [3.05, 3.63) is 22.4 Å². The molecule has 0 amide bonds. The van der Waals surface area contributed by atoms with E-state index in [1.807, 2.05) is 17.5 Å². The molecule has 0 aliphatic rings. The molecular weight excluding hydrogens is 212 g/mol. The molecule has 1 atom stereocenters.